The number of ether oxygens (including phenoxy) is 1. The van der Waals surface area contributed by atoms with Crippen molar-refractivity contribution in [3.05, 3.63) is 42.5 Å². The van der Waals surface area contributed by atoms with Crippen molar-refractivity contribution in [2.45, 2.75) is 19.9 Å². The minimum absolute atomic E-state index is 0.659. The van der Waals surface area contributed by atoms with E-state index in [1.165, 1.54) is 0 Å². The van der Waals surface area contributed by atoms with Crippen molar-refractivity contribution in [3.8, 4) is 5.75 Å². The molecule has 0 saturated carbocycles. The number of anilines is 1. The van der Waals surface area contributed by atoms with Gasteiger partial charge in [0.05, 0.1) is 12.3 Å². The Hall–Kier alpha value is -1.97. The summed E-state index contributed by atoms with van der Waals surface area (Å²) >= 11 is 0. The maximum absolute atomic E-state index is 5.78. The first kappa shape index (κ1) is 11.5. The molecular formula is C13H17N3O. The zero-order valence-corrected chi connectivity index (χ0v) is 9.97. The number of hydrogen-bond acceptors (Lipinski definition) is 3. The van der Waals surface area contributed by atoms with Crippen LogP contribution in [0.4, 0.5) is 5.69 Å². The van der Waals surface area contributed by atoms with Crippen molar-refractivity contribution in [3.63, 3.8) is 0 Å². The number of nitrogens with two attached hydrogens (primary N) is 1. The monoisotopic (exact) mass is 231 g/mol. The fourth-order valence-corrected chi connectivity index (χ4v) is 1.67. The van der Waals surface area contributed by atoms with Crippen molar-refractivity contribution < 1.29 is 4.74 Å². The molecule has 4 nitrogen and oxygen atoms in total. The predicted molar refractivity (Wildman–Crippen MR) is 67.9 cm³/mol. The summed E-state index contributed by atoms with van der Waals surface area (Å²) < 4.78 is 7.73. The van der Waals surface area contributed by atoms with Crippen LogP contribution >= 0.6 is 0 Å². The summed E-state index contributed by atoms with van der Waals surface area (Å²) in [6, 6.07) is 7.55. The largest absolute Gasteiger partial charge is 0.491 e. The lowest BCUT2D eigenvalue weighted by atomic mass is 10.3. The van der Waals surface area contributed by atoms with Crippen LogP contribution in [0.3, 0.4) is 0 Å². The Kier molecular flexibility index (Phi) is 3.65. The molecule has 0 fully saturated rings. The molecule has 4 heteroatoms. The normalized spacial score (nSPS) is 10.4. The molecule has 90 valence electrons. The third kappa shape index (κ3) is 3.00. The molecule has 0 aliphatic carbocycles. The van der Waals surface area contributed by atoms with E-state index in [1.807, 2.05) is 43.6 Å². The standard InChI is InChI=1S/C13H17N3O/c1-11-15-7-9-16(11)8-4-10-17-13-6-3-2-5-12(13)14/h2-3,5-7,9H,4,8,10,14H2,1H3. The van der Waals surface area contributed by atoms with E-state index in [0.717, 1.165) is 24.5 Å². The molecule has 1 aromatic heterocycles. The third-order valence-corrected chi connectivity index (χ3v) is 2.64. The number of aryl methyl sites for hydroxylation is 2. The van der Waals surface area contributed by atoms with Crippen molar-refractivity contribution >= 4 is 5.69 Å². The molecule has 0 atom stereocenters. The number of para-hydroxylation sites is 2. The smallest absolute Gasteiger partial charge is 0.142 e. The lowest BCUT2D eigenvalue weighted by Gasteiger charge is -2.09. The molecule has 0 amide bonds. The van der Waals surface area contributed by atoms with Gasteiger partial charge < -0.3 is 15.0 Å². The first-order valence-corrected chi connectivity index (χ1v) is 5.72. The third-order valence-electron chi connectivity index (χ3n) is 2.64. The van der Waals surface area contributed by atoms with Gasteiger partial charge in [0.2, 0.25) is 0 Å². The van der Waals surface area contributed by atoms with E-state index >= 15 is 0 Å². The Bertz CT molecular complexity index is 479. The second-order valence-corrected chi connectivity index (χ2v) is 3.91. The van der Waals surface area contributed by atoms with E-state index in [4.69, 9.17) is 10.5 Å². The molecule has 2 N–H and O–H groups in total. The summed E-state index contributed by atoms with van der Waals surface area (Å²) in [5, 5.41) is 0. The fourth-order valence-electron chi connectivity index (χ4n) is 1.67. The molecular weight excluding hydrogens is 214 g/mol. The van der Waals surface area contributed by atoms with Crippen molar-refractivity contribution in [1.29, 1.82) is 0 Å². The number of nitrogens with zero attached hydrogens (tertiary/aromatic N) is 2. The van der Waals surface area contributed by atoms with Crippen LogP contribution in [0.1, 0.15) is 12.2 Å². The minimum Gasteiger partial charge on any atom is -0.491 e. The topological polar surface area (TPSA) is 53.1 Å². The Balaban J connectivity index is 1.77. The number of hydrogen-bond donors (Lipinski definition) is 1. The molecule has 0 saturated heterocycles. The second kappa shape index (κ2) is 5.39. The van der Waals surface area contributed by atoms with Gasteiger partial charge in [-0.2, -0.15) is 0 Å². The maximum atomic E-state index is 5.78. The number of rotatable bonds is 5. The van der Waals surface area contributed by atoms with Gasteiger partial charge in [0.1, 0.15) is 11.6 Å². The first-order chi connectivity index (χ1) is 8.27. The maximum Gasteiger partial charge on any atom is 0.142 e. The zero-order chi connectivity index (χ0) is 12.1. The van der Waals surface area contributed by atoms with Gasteiger partial charge >= 0.3 is 0 Å². The predicted octanol–water partition coefficient (Wildman–Crippen LogP) is 2.24. The minimum atomic E-state index is 0.659. The van der Waals surface area contributed by atoms with Gasteiger partial charge in [0, 0.05) is 18.9 Å². The molecule has 0 aliphatic rings. The Labute approximate surface area is 101 Å². The average Bonchev–Trinajstić information content (AvgIpc) is 2.73. The van der Waals surface area contributed by atoms with E-state index < -0.39 is 0 Å². The second-order valence-electron chi connectivity index (χ2n) is 3.91. The molecule has 1 aromatic carbocycles. The molecule has 0 bridgehead atoms. The average molecular weight is 231 g/mol. The molecule has 2 aromatic rings. The molecule has 0 unspecified atom stereocenters. The molecule has 0 aliphatic heterocycles. The molecule has 0 spiro atoms. The lowest BCUT2D eigenvalue weighted by Crippen LogP contribution is -2.06. The van der Waals surface area contributed by atoms with Crippen LogP contribution in [0.15, 0.2) is 36.7 Å². The van der Waals surface area contributed by atoms with Gasteiger partial charge in [0.25, 0.3) is 0 Å². The van der Waals surface area contributed by atoms with Crippen LogP contribution in [0.25, 0.3) is 0 Å². The van der Waals surface area contributed by atoms with Gasteiger partial charge in [-0.15, -0.1) is 0 Å². The number of imidazole rings is 1. The van der Waals surface area contributed by atoms with E-state index in [-0.39, 0.29) is 0 Å². The van der Waals surface area contributed by atoms with E-state index in [1.54, 1.807) is 0 Å². The summed E-state index contributed by atoms with van der Waals surface area (Å²) in [7, 11) is 0. The highest BCUT2D eigenvalue weighted by Crippen LogP contribution is 2.19. The first-order valence-electron chi connectivity index (χ1n) is 5.72. The molecule has 0 radical (unpaired) electrons. The zero-order valence-electron chi connectivity index (χ0n) is 9.97. The fraction of sp³-hybridized carbons (Fsp3) is 0.308. The molecule has 17 heavy (non-hydrogen) atoms. The van der Waals surface area contributed by atoms with Crippen LogP contribution in [0, 0.1) is 6.92 Å². The number of benzene rings is 1. The van der Waals surface area contributed by atoms with Gasteiger partial charge in [-0.05, 0) is 25.5 Å². The van der Waals surface area contributed by atoms with Gasteiger partial charge in [0.15, 0.2) is 0 Å². The number of nitrogen functional groups attached to an aromatic ring is 1. The van der Waals surface area contributed by atoms with Gasteiger partial charge in [-0.25, -0.2) is 4.98 Å². The summed E-state index contributed by atoms with van der Waals surface area (Å²) in [5.41, 5.74) is 6.47. The lowest BCUT2D eigenvalue weighted by molar-refractivity contribution is 0.303. The highest BCUT2D eigenvalue weighted by atomic mass is 16.5. The summed E-state index contributed by atoms with van der Waals surface area (Å²) in [6.07, 6.45) is 4.73. The highest BCUT2D eigenvalue weighted by molar-refractivity contribution is 5.51. The van der Waals surface area contributed by atoms with E-state index in [2.05, 4.69) is 9.55 Å². The quantitative estimate of drug-likeness (QED) is 0.634. The van der Waals surface area contributed by atoms with E-state index in [0.29, 0.717) is 12.3 Å². The van der Waals surface area contributed by atoms with Crippen LogP contribution in [-0.4, -0.2) is 16.2 Å². The Morgan fingerprint density at radius 2 is 2.18 bits per heavy atom. The molecule has 2 rings (SSSR count). The number of aromatic nitrogens is 2. The van der Waals surface area contributed by atoms with Gasteiger partial charge in [-0.1, -0.05) is 12.1 Å². The SMILES string of the molecule is Cc1nccn1CCCOc1ccccc1N. The van der Waals surface area contributed by atoms with Crippen molar-refractivity contribution in [2.24, 2.45) is 0 Å². The van der Waals surface area contributed by atoms with Crippen molar-refractivity contribution in [1.82, 2.24) is 9.55 Å². The van der Waals surface area contributed by atoms with Gasteiger partial charge in [-0.3, -0.25) is 0 Å². The van der Waals surface area contributed by atoms with Crippen LogP contribution in [0.5, 0.6) is 5.75 Å². The molecule has 1 heterocycles. The summed E-state index contributed by atoms with van der Waals surface area (Å²) in [6.45, 7) is 3.57. The Morgan fingerprint density at radius 3 is 2.88 bits per heavy atom. The summed E-state index contributed by atoms with van der Waals surface area (Å²) in [4.78, 5) is 4.17. The van der Waals surface area contributed by atoms with Crippen LogP contribution < -0.4 is 10.5 Å². The summed E-state index contributed by atoms with van der Waals surface area (Å²) in [5.74, 6) is 1.79. The highest BCUT2D eigenvalue weighted by Gasteiger charge is 1.99. The van der Waals surface area contributed by atoms with Crippen LogP contribution in [0.2, 0.25) is 0 Å². The van der Waals surface area contributed by atoms with Crippen molar-refractivity contribution in [2.75, 3.05) is 12.3 Å². The Morgan fingerprint density at radius 1 is 1.35 bits per heavy atom. The van der Waals surface area contributed by atoms with Crippen LogP contribution in [-0.2, 0) is 6.54 Å². The van der Waals surface area contributed by atoms with E-state index in [9.17, 15) is 0 Å².